The van der Waals surface area contributed by atoms with Crippen LogP contribution in [0.25, 0.3) is 0 Å². The van der Waals surface area contributed by atoms with Crippen LogP contribution in [-0.4, -0.2) is 62.2 Å². The largest absolute Gasteiger partial charge is 0.347 e. The molecule has 2 aliphatic rings. The second-order valence-corrected chi connectivity index (χ2v) is 8.88. The fraction of sp³-hybridized carbons (Fsp3) is 0.556. The Labute approximate surface area is 158 Å². The van der Waals surface area contributed by atoms with Gasteiger partial charge in [-0.15, -0.1) is 0 Å². The zero-order chi connectivity index (χ0) is 19.4. The average Bonchev–Trinajstić information content (AvgIpc) is 3.21. The number of nitrogens with one attached hydrogen (secondary N) is 1. The van der Waals surface area contributed by atoms with Crippen molar-refractivity contribution in [1.29, 1.82) is 0 Å². The molecule has 2 saturated heterocycles. The van der Waals surface area contributed by atoms with Crippen LogP contribution in [0.5, 0.6) is 0 Å². The third-order valence-corrected chi connectivity index (χ3v) is 7.06. The highest BCUT2D eigenvalue weighted by atomic mass is 32.2. The first-order chi connectivity index (χ1) is 12.9. The van der Waals surface area contributed by atoms with E-state index in [-0.39, 0.29) is 42.3 Å². The molecule has 2 heterocycles. The van der Waals surface area contributed by atoms with Gasteiger partial charge in [-0.2, -0.15) is 4.31 Å². The Bertz CT molecular complexity index is 783. The molecule has 0 atom stereocenters. The summed E-state index contributed by atoms with van der Waals surface area (Å²) in [4.78, 5) is 26.1. The maximum atomic E-state index is 13.0. The van der Waals surface area contributed by atoms with Gasteiger partial charge in [-0.1, -0.05) is 0 Å². The van der Waals surface area contributed by atoms with E-state index < -0.39 is 15.8 Å². The lowest BCUT2D eigenvalue weighted by Gasteiger charge is -2.30. The summed E-state index contributed by atoms with van der Waals surface area (Å²) < 4.78 is 39.5. The summed E-state index contributed by atoms with van der Waals surface area (Å²) in [7, 11) is -3.69. The van der Waals surface area contributed by atoms with Crippen LogP contribution < -0.4 is 5.32 Å². The lowest BCUT2D eigenvalue weighted by molar-refractivity contribution is -0.133. The van der Waals surface area contributed by atoms with E-state index in [1.165, 1.54) is 16.4 Å². The van der Waals surface area contributed by atoms with Crippen molar-refractivity contribution >= 4 is 21.8 Å². The Morgan fingerprint density at radius 1 is 1.04 bits per heavy atom. The van der Waals surface area contributed by atoms with Crippen LogP contribution in [0.15, 0.2) is 29.2 Å². The number of hydrogen-bond donors (Lipinski definition) is 1. The van der Waals surface area contributed by atoms with E-state index in [1.54, 1.807) is 4.90 Å². The van der Waals surface area contributed by atoms with Gasteiger partial charge in [0, 0.05) is 32.1 Å². The first-order valence-electron chi connectivity index (χ1n) is 9.19. The molecule has 0 radical (unpaired) electrons. The number of amides is 2. The van der Waals surface area contributed by atoms with Crippen LogP contribution in [0.4, 0.5) is 4.39 Å². The number of likely N-dealkylation sites (tertiary alicyclic amines) is 1. The summed E-state index contributed by atoms with van der Waals surface area (Å²) in [6, 6.07) is 4.72. The molecule has 148 valence electrons. The van der Waals surface area contributed by atoms with Crippen LogP contribution in [-0.2, 0) is 19.6 Å². The third kappa shape index (κ3) is 4.65. The molecule has 9 heteroatoms. The van der Waals surface area contributed by atoms with E-state index >= 15 is 0 Å². The molecule has 0 unspecified atom stereocenters. The van der Waals surface area contributed by atoms with Crippen molar-refractivity contribution in [3.63, 3.8) is 0 Å². The first-order valence-corrected chi connectivity index (χ1v) is 10.6. The molecule has 0 aliphatic carbocycles. The van der Waals surface area contributed by atoms with Gasteiger partial charge in [0.25, 0.3) is 0 Å². The van der Waals surface area contributed by atoms with E-state index in [0.717, 1.165) is 38.1 Å². The third-order valence-electron chi connectivity index (χ3n) is 5.15. The number of piperidine rings is 1. The topological polar surface area (TPSA) is 86.8 Å². The van der Waals surface area contributed by atoms with Gasteiger partial charge < -0.3 is 10.2 Å². The second-order valence-electron chi connectivity index (χ2n) is 6.94. The number of rotatable bonds is 5. The minimum Gasteiger partial charge on any atom is -0.347 e. The number of benzene rings is 1. The van der Waals surface area contributed by atoms with E-state index in [2.05, 4.69) is 5.32 Å². The summed E-state index contributed by atoms with van der Waals surface area (Å²) in [5, 5.41) is 2.68. The molecule has 1 aromatic rings. The van der Waals surface area contributed by atoms with Gasteiger partial charge in [0.05, 0.1) is 11.4 Å². The Balaban J connectivity index is 1.49. The molecule has 3 rings (SSSR count). The molecule has 0 saturated carbocycles. The van der Waals surface area contributed by atoms with Crippen molar-refractivity contribution in [3.05, 3.63) is 30.1 Å². The molecule has 2 amide bonds. The average molecular weight is 397 g/mol. The molecular formula is C18H24FN3O4S. The van der Waals surface area contributed by atoms with Crippen LogP contribution >= 0.6 is 0 Å². The van der Waals surface area contributed by atoms with Crippen molar-refractivity contribution in [2.45, 2.75) is 30.6 Å². The van der Waals surface area contributed by atoms with E-state index in [1.807, 2.05) is 0 Å². The van der Waals surface area contributed by atoms with E-state index in [9.17, 15) is 22.4 Å². The quantitative estimate of drug-likeness (QED) is 0.802. The minimum atomic E-state index is -3.69. The maximum Gasteiger partial charge on any atom is 0.243 e. The molecule has 2 aliphatic heterocycles. The van der Waals surface area contributed by atoms with Crippen LogP contribution in [0, 0.1) is 11.7 Å². The monoisotopic (exact) mass is 397 g/mol. The van der Waals surface area contributed by atoms with Crippen molar-refractivity contribution in [3.8, 4) is 0 Å². The zero-order valence-electron chi connectivity index (χ0n) is 15.1. The Morgan fingerprint density at radius 3 is 2.22 bits per heavy atom. The molecule has 1 N–H and O–H groups in total. The van der Waals surface area contributed by atoms with Crippen LogP contribution in [0.2, 0.25) is 0 Å². The van der Waals surface area contributed by atoms with E-state index in [0.29, 0.717) is 12.8 Å². The molecule has 0 bridgehead atoms. The summed E-state index contributed by atoms with van der Waals surface area (Å²) in [6.07, 6.45) is 2.79. The van der Waals surface area contributed by atoms with Gasteiger partial charge in [0.1, 0.15) is 5.82 Å². The van der Waals surface area contributed by atoms with Crippen molar-refractivity contribution in [2.75, 3.05) is 32.7 Å². The molecule has 0 aromatic heterocycles. The summed E-state index contributed by atoms with van der Waals surface area (Å²) in [5.41, 5.74) is 0. The van der Waals surface area contributed by atoms with Gasteiger partial charge in [-0.25, -0.2) is 12.8 Å². The number of hydrogen-bond acceptors (Lipinski definition) is 4. The Hall–Kier alpha value is -2.00. The Morgan fingerprint density at radius 2 is 1.63 bits per heavy atom. The van der Waals surface area contributed by atoms with Crippen molar-refractivity contribution in [1.82, 2.24) is 14.5 Å². The lowest BCUT2D eigenvalue weighted by Crippen LogP contribution is -2.45. The summed E-state index contributed by atoms with van der Waals surface area (Å²) in [6.45, 7) is 1.92. The number of nitrogens with zero attached hydrogens (tertiary/aromatic N) is 2. The van der Waals surface area contributed by atoms with Gasteiger partial charge in [-0.3, -0.25) is 9.59 Å². The van der Waals surface area contributed by atoms with Crippen LogP contribution in [0.3, 0.4) is 0 Å². The fourth-order valence-electron chi connectivity index (χ4n) is 3.50. The van der Waals surface area contributed by atoms with Gasteiger partial charge in [0.2, 0.25) is 21.8 Å². The van der Waals surface area contributed by atoms with Gasteiger partial charge in [-0.05, 0) is 49.9 Å². The summed E-state index contributed by atoms with van der Waals surface area (Å²) >= 11 is 0. The highest BCUT2D eigenvalue weighted by Gasteiger charge is 2.32. The van der Waals surface area contributed by atoms with Crippen molar-refractivity contribution in [2.24, 2.45) is 5.92 Å². The highest BCUT2D eigenvalue weighted by molar-refractivity contribution is 7.89. The number of halogens is 1. The molecule has 0 spiro atoms. The predicted octanol–water partition coefficient (Wildman–Crippen LogP) is 0.965. The smallest absolute Gasteiger partial charge is 0.243 e. The first kappa shape index (κ1) is 19.8. The summed E-state index contributed by atoms with van der Waals surface area (Å²) in [5.74, 6) is -1.08. The standard InChI is InChI=1S/C18H24FN3O4S/c19-15-3-5-16(6-4-15)27(25,26)22-11-7-14(8-12-22)18(24)20-13-17(23)21-9-1-2-10-21/h3-6,14H,1-2,7-13H2,(H,20,24). The Kier molecular flexibility index (Phi) is 6.11. The molecular weight excluding hydrogens is 373 g/mol. The SMILES string of the molecule is O=C(NCC(=O)N1CCCC1)C1CCN(S(=O)(=O)c2ccc(F)cc2)CC1. The number of sulfonamides is 1. The lowest BCUT2D eigenvalue weighted by atomic mass is 9.97. The second kappa shape index (κ2) is 8.35. The maximum absolute atomic E-state index is 13.0. The van der Waals surface area contributed by atoms with Crippen molar-refractivity contribution < 1.29 is 22.4 Å². The highest BCUT2D eigenvalue weighted by Crippen LogP contribution is 2.24. The fourth-order valence-corrected chi connectivity index (χ4v) is 4.97. The number of carbonyl (C=O) groups excluding carboxylic acids is 2. The molecule has 1 aromatic carbocycles. The van der Waals surface area contributed by atoms with E-state index in [4.69, 9.17) is 0 Å². The van der Waals surface area contributed by atoms with Gasteiger partial charge in [0.15, 0.2) is 0 Å². The zero-order valence-corrected chi connectivity index (χ0v) is 15.9. The normalized spacial score (nSPS) is 19.2. The minimum absolute atomic E-state index is 0.00702. The molecule has 27 heavy (non-hydrogen) atoms. The number of carbonyl (C=O) groups is 2. The molecule has 7 nitrogen and oxygen atoms in total. The van der Waals surface area contributed by atoms with Gasteiger partial charge >= 0.3 is 0 Å². The predicted molar refractivity (Wildman–Crippen MR) is 96.7 cm³/mol. The van der Waals surface area contributed by atoms with Crippen LogP contribution in [0.1, 0.15) is 25.7 Å². The molecule has 2 fully saturated rings.